The van der Waals surface area contributed by atoms with E-state index in [0.29, 0.717) is 91.6 Å². The molecule has 3 fully saturated rings. The zero-order valence-electron chi connectivity index (χ0n) is 35.7. The summed E-state index contributed by atoms with van der Waals surface area (Å²) in [5.74, 6) is -1.73. The molecule has 0 aromatic heterocycles. The average molecular weight is 856 g/mol. The van der Waals surface area contributed by atoms with Crippen molar-refractivity contribution in [3.63, 3.8) is 0 Å². The van der Waals surface area contributed by atoms with Crippen molar-refractivity contribution in [1.82, 2.24) is 46.6 Å². The number of nitrogens with one attached hydrogen (secondary N) is 6. The van der Waals surface area contributed by atoms with Gasteiger partial charge in [-0.25, -0.2) is 0 Å². The molecule has 1 aromatic rings. The van der Waals surface area contributed by atoms with Crippen molar-refractivity contribution in [2.75, 3.05) is 0 Å². The first-order valence-corrected chi connectivity index (χ1v) is 23.1. The van der Waals surface area contributed by atoms with Gasteiger partial charge in [0, 0.05) is 146 Å². The molecule has 3 aliphatic carbocycles. The lowest BCUT2D eigenvalue weighted by atomic mass is 9.88. The number of rotatable bonds is 0. The van der Waals surface area contributed by atoms with Crippen LogP contribution >= 0.6 is 0 Å². The first-order valence-electron chi connectivity index (χ1n) is 23.1. The fraction of sp³-hybridized carbons (Fsp3) is 0.500. The summed E-state index contributed by atoms with van der Waals surface area (Å²) >= 11 is 0. The van der Waals surface area contributed by atoms with Gasteiger partial charge in [0.1, 0.15) is 0 Å². The van der Waals surface area contributed by atoms with E-state index in [4.69, 9.17) is 0 Å². The summed E-state index contributed by atoms with van der Waals surface area (Å²) in [6.45, 7) is 1.01. The Labute approximate surface area is 367 Å². The zero-order valence-corrected chi connectivity index (χ0v) is 35.7. The second-order valence-corrected chi connectivity index (χ2v) is 19.0. The molecule has 0 saturated heterocycles. The lowest BCUT2D eigenvalue weighted by Gasteiger charge is -2.35. The average Bonchev–Trinajstić information content (AvgIpc) is 3.27. The molecule has 6 amide bonds. The summed E-state index contributed by atoms with van der Waals surface area (Å²) in [5, 5.41) is 19.5. The van der Waals surface area contributed by atoms with Crippen molar-refractivity contribution in [3.8, 4) is 0 Å². The van der Waals surface area contributed by atoms with E-state index in [9.17, 15) is 28.8 Å². The molecule has 6 atom stereocenters. The molecule has 15 heteroatoms. The molecule has 3 saturated carbocycles. The highest BCUT2D eigenvalue weighted by Gasteiger charge is 2.37. The molecule has 6 aliphatic heterocycles. The molecule has 330 valence electrons. The SMILES string of the molecule is O=C1N[C@H]2CCCC[C@@H]2NC(=O)C2=CN3C=C(C2)C(=O)N[C@H]2CCCC[C@@H]2NC(=O)C2=CN4C=C(C2)C(=O)N[C@H]2CCCC[C@@H]2NC(=O)C2=CN(C=C1C2)Cc1cc(cc(c1)C4)C3. The van der Waals surface area contributed by atoms with Crippen molar-refractivity contribution in [2.24, 2.45) is 0 Å². The summed E-state index contributed by atoms with van der Waals surface area (Å²) < 4.78 is 0. The van der Waals surface area contributed by atoms with Crippen LogP contribution in [-0.2, 0) is 48.4 Å². The molecular weight excluding hydrogens is 799 g/mol. The smallest absolute Gasteiger partial charge is 0.249 e. The fourth-order valence-corrected chi connectivity index (χ4v) is 11.1. The Morgan fingerprint density at radius 3 is 0.698 bits per heavy atom. The van der Waals surface area contributed by atoms with Crippen LogP contribution < -0.4 is 31.9 Å². The quantitative estimate of drug-likeness (QED) is 0.228. The van der Waals surface area contributed by atoms with Crippen LogP contribution in [0, 0.1) is 0 Å². The van der Waals surface area contributed by atoms with E-state index in [2.05, 4.69) is 50.1 Å². The molecule has 0 spiro atoms. The van der Waals surface area contributed by atoms with Gasteiger partial charge in [-0.1, -0.05) is 56.7 Å². The van der Waals surface area contributed by atoms with Crippen molar-refractivity contribution >= 4 is 35.4 Å². The molecule has 6 heterocycles. The summed E-state index contributed by atoms with van der Waals surface area (Å²) in [7, 11) is 0. The maximum Gasteiger partial charge on any atom is 0.249 e. The molecule has 6 N–H and O–H groups in total. The van der Waals surface area contributed by atoms with Crippen LogP contribution in [0.5, 0.6) is 0 Å². The minimum Gasteiger partial charge on any atom is -0.349 e. The Balaban J connectivity index is 1.13. The first-order chi connectivity index (χ1) is 30.6. The van der Waals surface area contributed by atoms with Crippen LogP contribution in [0.25, 0.3) is 0 Å². The van der Waals surface area contributed by atoms with Crippen molar-refractivity contribution in [2.45, 2.75) is 152 Å². The monoisotopic (exact) mass is 855 g/mol. The normalized spacial score (nSPS) is 30.2. The Bertz CT molecular complexity index is 1930. The molecule has 15 nitrogen and oxygen atoms in total. The van der Waals surface area contributed by atoms with Gasteiger partial charge in [-0.05, 0) is 55.2 Å². The molecule has 63 heavy (non-hydrogen) atoms. The molecule has 0 unspecified atom stereocenters. The van der Waals surface area contributed by atoms with Gasteiger partial charge in [-0.15, -0.1) is 0 Å². The minimum atomic E-state index is -0.337. The Hall–Kier alpha value is -6.12. The van der Waals surface area contributed by atoms with Gasteiger partial charge >= 0.3 is 0 Å². The highest BCUT2D eigenvalue weighted by molar-refractivity contribution is 6.02. The van der Waals surface area contributed by atoms with Crippen LogP contribution in [0.4, 0.5) is 0 Å². The van der Waals surface area contributed by atoms with Gasteiger partial charge in [0.05, 0.1) is 0 Å². The van der Waals surface area contributed by atoms with Crippen LogP contribution in [0.15, 0.2) is 88.8 Å². The van der Waals surface area contributed by atoms with E-state index in [0.717, 1.165) is 55.2 Å². The lowest BCUT2D eigenvalue weighted by molar-refractivity contribution is -0.122. The van der Waals surface area contributed by atoms with Gasteiger partial charge in [0.2, 0.25) is 35.4 Å². The number of benzene rings is 1. The van der Waals surface area contributed by atoms with E-state index in [-0.39, 0.29) is 91.0 Å². The molecular formula is C48H57N9O6. The van der Waals surface area contributed by atoms with Crippen molar-refractivity contribution < 1.29 is 28.8 Å². The second kappa shape index (κ2) is 17.2. The Kier molecular flexibility index (Phi) is 11.2. The Morgan fingerprint density at radius 1 is 0.317 bits per heavy atom. The number of nitrogens with zero attached hydrogens (tertiary/aromatic N) is 3. The molecule has 12 bridgehead atoms. The highest BCUT2D eigenvalue weighted by atomic mass is 16.2. The number of hydrogen-bond donors (Lipinski definition) is 6. The summed E-state index contributed by atoms with van der Waals surface area (Å²) in [6.07, 6.45) is 20.8. The van der Waals surface area contributed by atoms with E-state index in [1.54, 1.807) is 0 Å². The summed E-state index contributed by atoms with van der Waals surface area (Å²) in [6, 6.07) is 4.20. The number of carbonyl (C=O) groups excluding carboxylic acids is 6. The van der Waals surface area contributed by atoms with Gasteiger partial charge < -0.3 is 46.6 Å². The van der Waals surface area contributed by atoms with Gasteiger partial charge in [-0.2, -0.15) is 0 Å². The number of fused-ring (bicyclic) bond motifs is 3. The third-order valence-electron chi connectivity index (χ3n) is 14.2. The third kappa shape index (κ3) is 8.92. The second-order valence-electron chi connectivity index (χ2n) is 19.0. The maximum atomic E-state index is 14.4. The summed E-state index contributed by atoms with van der Waals surface area (Å²) in [5.41, 5.74) is 5.35. The standard InChI is InChI=1S/C48H57N9O6/c58-43-31-16-33-24-55(22-31)19-28-13-29-15-30(14-28)21-57-26-35(47(62)53-40-10-4-3-9-39(40)51-45(33)60)18-36(27-57)48(63)54-42-12-6-5-11-41(42)52-46(61)34-17-32(23-56(20-29)25-34)44(59)50-38-8-2-1-7-37(38)49-43/h13-15,22-27,37-42H,1-12,16-21H2,(H,49,58)(H,50,59)(H,51,60)(H,52,61)(H,53,62)(H,54,63)/t37-,38-,39-,40-,41-,42-/m0/s1. The highest BCUT2D eigenvalue weighted by Crippen LogP contribution is 2.31. The topological polar surface area (TPSA) is 184 Å². The van der Waals surface area contributed by atoms with E-state index < -0.39 is 0 Å². The molecule has 1 aromatic carbocycles. The van der Waals surface area contributed by atoms with Gasteiger partial charge in [-0.3, -0.25) is 28.8 Å². The zero-order chi connectivity index (χ0) is 43.2. The maximum absolute atomic E-state index is 14.4. The van der Waals surface area contributed by atoms with Crippen LogP contribution in [0.2, 0.25) is 0 Å². The fourth-order valence-electron chi connectivity index (χ4n) is 11.1. The van der Waals surface area contributed by atoms with Gasteiger partial charge in [0.25, 0.3) is 0 Å². The lowest BCUT2D eigenvalue weighted by Crippen LogP contribution is -2.54. The van der Waals surface area contributed by atoms with Crippen molar-refractivity contribution in [3.05, 3.63) is 106 Å². The van der Waals surface area contributed by atoms with E-state index in [1.807, 2.05) is 51.9 Å². The molecule has 0 radical (unpaired) electrons. The number of carbonyl (C=O) groups is 6. The van der Waals surface area contributed by atoms with Gasteiger partial charge in [0.15, 0.2) is 0 Å². The summed E-state index contributed by atoms with van der Waals surface area (Å²) in [4.78, 5) is 91.9. The first kappa shape index (κ1) is 40.9. The van der Waals surface area contributed by atoms with Crippen molar-refractivity contribution in [1.29, 1.82) is 0 Å². The van der Waals surface area contributed by atoms with Crippen LogP contribution in [0.3, 0.4) is 0 Å². The van der Waals surface area contributed by atoms with Crippen LogP contribution in [0.1, 0.15) is 113 Å². The van der Waals surface area contributed by atoms with E-state index in [1.165, 1.54) is 0 Å². The molecule has 9 aliphatic rings. The predicted octanol–water partition coefficient (Wildman–Crippen LogP) is 3.28. The Morgan fingerprint density at radius 2 is 0.508 bits per heavy atom. The number of hydrogen-bond acceptors (Lipinski definition) is 9. The predicted molar refractivity (Wildman–Crippen MR) is 232 cm³/mol. The number of amides is 6. The largest absolute Gasteiger partial charge is 0.349 e. The third-order valence-corrected chi connectivity index (χ3v) is 14.2. The van der Waals surface area contributed by atoms with Crippen LogP contribution in [-0.4, -0.2) is 86.4 Å². The minimum absolute atomic E-state index is 0.116. The van der Waals surface area contributed by atoms with E-state index >= 15 is 0 Å². The molecule has 10 rings (SSSR count).